The van der Waals surface area contributed by atoms with Crippen molar-refractivity contribution in [3.05, 3.63) is 41.4 Å². The zero-order valence-corrected chi connectivity index (χ0v) is 19.6. The zero-order valence-electron chi connectivity index (χ0n) is 16.5. The molecule has 0 radical (unpaired) electrons. The van der Waals surface area contributed by atoms with Gasteiger partial charge in [0.25, 0.3) is 0 Å². The number of nitrogens with one attached hydrogen (secondary N) is 1. The van der Waals surface area contributed by atoms with Crippen LogP contribution in [0.3, 0.4) is 0 Å². The molecule has 0 amide bonds. The van der Waals surface area contributed by atoms with Gasteiger partial charge in [0, 0.05) is 57.0 Å². The highest BCUT2D eigenvalue weighted by Gasteiger charge is 2.20. The third-order valence-corrected chi connectivity index (χ3v) is 5.13. The van der Waals surface area contributed by atoms with Crippen LogP contribution in [0.15, 0.2) is 35.8 Å². The Morgan fingerprint density at radius 1 is 1.14 bits per heavy atom. The molecule has 0 spiro atoms. The Hall–Kier alpha value is -1.55. The molecule has 0 bridgehead atoms. The van der Waals surface area contributed by atoms with Gasteiger partial charge < -0.3 is 19.7 Å². The summed E-state index contributed by atoms with van der Waals surface area (Å²) in [4.78, 5) is 9.19. The fourth-order valence-corrected chi connectivity index (χ4v) is 3.54. The van der Waals surface area contributed by atoms with Crippen LogP contribution in [0.4, 0.5) is 5.69 Å². The minimum Gasteiger partial charge on any atom is -0.368 e. The van der Waals surface area contributed by atoms with E-state index in [0.29, 0.717) is 0 Å². The fraction of sp³-hybridized carbons (Fsp3) is 0.526. The van der Waals surface area contributed by atoms with Crippen LogP contribution in [0, 0.1) is 6.92 Å². The number of hydrogen-bond acceptors (Lipinski definition) is 4. The second kappa shape index (κ2) is 11.5. The van der Waals surface area contributed by atoms with E-state index in [1.165, 1.54) is 11.3 Å². The molecule has 0 unspecified atom stereocenters. The van der Waals surface area contributed by atoms with Gasteiger partial charge in [-0.2, -0.15) is 0 Å². The summed E-state index contributed by atoms with van der Waals surface area (Å²) in [6.45, 7) is 7.84. The molecule has 1 aromatic heterocycles. The third kappa shape index (κ3) is 6.23. The Kier molecular flexibility index (Phi) is 9.30. The number of unbranched alkanes of at least 4 members (excludes halogenated alkanes) is 1. The first-order valence-corrected chi connectivity index (χ1v) is 9.84. The largest absolute Gasteiger partial charge is 0.368 e. The maximum absolute atomic E-state index is 6.18. The van der Waals surface area contributed by atoms with Gasteiger partial charge in [-0.1, -0.05) is 17.7 Å². The second-order valence-electron chi connectivity index (χ2n) is 6.79. The van der Waals surface area contributed by atoms with E-state index in [0.717, 1.165) is 63.1 Å². The van der Waals surface area contributed by atoms with Crippen LogP contribution < -0.4 is 10.2 Å². The van der Waals surface area contributed by atoms with E-state index in [1.54, 1.807) is 12.7 Å². The number of piperazine rings is 1. The van der Waals surface area contributed by atoms with Gasteiger partial charge in [-0.15, -0.1) is 34.2 Å². The second-order valence-corrected chi connectivity index (χ2v) is 7.22. The van der Waals surface area contributed by atoms with Crippen molar-refractivity contribution in [3.63, 3.8) is 0 Å². The molecular weight excluding hydrogens is 489 g/mol. The molecule has 7 nitrogen and oxygen atoms in total. The highest BCUT2D eigenvalue weighted by atomic mass is 127. The number of hydrogen-bond donors (Lipinski definition) is 1. The first-order valence-electron chi connectivity index (χ1n) is 9.46. The van der Waals surface area contributed by atoms with E-state index in [1.807, 2.05) is 17.7 Å². The summed E-state index contributed by atoms with van der Waals surface area (Å²) in [5.41, 5.74) is 2.50. The van der Waals surface area contributed by atoms with Gasteiger partial charge >= 0.3 is 0 Å². The van der Waals surface area contributed by atoms with E-state index in [-0.39, 0.29) is 24.0 Å². The molecule has 0 aliphatic carbocycles. The number of aliphatic imine (C=N–C) groups is 1. The molecule has 1 aromatic carbocycles. The van der Waals surface area contributed by atoms with Gasteiger partial charge in [-0.25, -0.2) is 0 Å². The highest BCUT2D eigenvalue weighted by Crippen LogP contribution is 2.25. The summed E-state index contributed by atoms with van der Waals surface area (Å²) in [5.74, 6) is 0.988. The SMILES string of the molecule is CN=C(NCCCCn1cnnc1)N1CCN(c2cc(Cl)ccc2C)CC1.I. The lowest BCUT2D eigenvalue weighted by molar-refractivity contribution is 0.372. The van der Waals surface area contributed by atoms with Crippen molar-refractivity contribution in [2.24, 2.45) is 4.99 Å². The predicted molar refractivity (Wildman–Crippen MR) is 126 cm³/mol. The topological polar surface area (TPSA) is 61.6 Å². The highest BCUT2D eigenvalue weighted by molar-refractivity contribution is 14.0. The molecule has 2 heterocycles. The number of guanidine groups is 1. The van der Waals surface area contributed by atoms with E-state index in [4.69, 9.17) is 11.6 Å². The van der Waals surface area contributed by atoms with Crippen molar-refractivity contribution in [2.75, 3.05) is 44.7 Å². The standard InChI is InChI=1S/C19H28ClN7.HI/c1-16-5-6-17(20)13-18(16)26-9-11-27(12-10-26)19(21-2)22-7-3-4-8-25-14-23-24-15-25;/h5-6,13-15H,3-4,7-12H2,1-2H3,(H,21,22);1H. The number of aromatic nitrogens is 3. The average molecular weight is 518 g/mol. The quantitative estimate of drug-likeness (QED) is 0.276. The lowest BCUT2D eigenvalue weighted by atomic mass is 10.1. The van der Waals surface area contributed by atoms with Crippen molar-refractivity contribution in [1.82, 2.24) is 25.0 Å². The summed E-state index contributed by atoms with van der Waals surface area (Å²) in [6, 6.07) is 6.10. The van der Waals surface area contributed by atoms with Gasteiger partial charge in [0.2, 0.25) is 0 Å². The molecule has 154 valence electrons. The van der Waals surface area contributed by atoms with Gasteiger partial charge in [-0.3, -0.25) is 4.99 Å². The maximum atomic E-state index is 6.18. The number of anilines is 1. The van der Waals surface area contributed by atoms with E-state index >= 15 is 0 Å². The molecule has 1 saturated heterocycles. The summed E-state index contributed by atoms with van der Waals surface area (Å²) in [6.07, 6.45) is 5.68. The molecule has 28 heavy (non-hydrogen) atoms. The lowest BCUT2D eigenvalue weighted by Gasteiger charge is -2.38. The molecule has 2 aromatic rings. The van der Waals surface area contributed by atoms with Crippen LogP contribution in [0.1, 0.15) is 18.4 Å². The molecule has 3 rings (SSSR count). The van der Waals surface area contributed by atoms with Crippen molar-refractivity contribution in [3.8, 4) is 0 Å². The van der Waals surface area contributed by atoms with Gasteiger partial charge in [-0.05, 0) is 37.5 Å². The van der Waals surface area contributed by atoms with Crippen LogP contribution in [-0.2, 0) is 6.54 Å². The Morgan fingerprint density at radius 3 is 2.54 bits per heavy atom. The Labute approximate surface area is 189 Å². The van der Waals surface area contributed by atoms with E-state index in [9.17, 15) is 0 Å². The first kappa shape index (κ1) is 22.7. The third-order valence-electron chi connectivity index (χ3n) is 4.90. The van der Waals surface area contributed by atoms with Gasteiger partial charge in [0.1, 0.15) is 12.7 Å². The van der Waals surface area contributed by atoms with Crippen molar-refractivity contribution < 1.29 is 0 Å². The molecule has 1 N–H and O–H groups in total. The predicted octanol–water partition coefficient (Wildman–Crippen LogP) is 3.04. The van der Waals surface area contributed by atoms with E-state index in [2.05, 4.69) is 49.4 Å². The Morgan fingerprint density at radius 2 is 1.86 bits per heavy atom. The number of rotatable bonds is 6. The number of aryl methyl sites for hydroxylation is 2. The summed E-state index contributed by atoms with van der Waals surface area (Å²) >= 11 is 6.18. The minimum atomic E-state index is 0. The fourth-order valence-electron chi connectivity index (χ4n) is 3.37. The van der Waals surface area contributed by atoms with Crippen LogP contribution in [0.25, 0.3) is 0 Å². The molecule has 0 saturated carbocycles. The first-order chi connectivity index (χ1) is 13.2. The molecule has 0 atom stereocenters. The van der Waals surface area contributed by atoms with Crippen LogP contribution in [0.5, 0.6) is 0 Å². The number of halogens is 2. The van der Waals surface area contributed by atoms with Crippen LogP contribution in [0.2, 0.25) is 5.02 Å². The molecule has 9 heteroatoms. The molecule has 1 aliphatic heterocycles. The minimum absolute atomic E-state index is 0. The lowest BCUT2D eigenvalue weighted by Crippen LogP contribution is -2.52. The van der Waals surface area contributed by atoms with Crippen molar-refractivity contribution in [1.29, 1.82) is 0 Å². The molecular formula is C19H29ClIN7. The number of benzene rings is 1. The average Bonchev–Trinajstić information content (AvgIpc) is 3.20. The van der Waals surface area contributed by atoms with Gasteiger partial charge in [0.15, 0.2) is 5.96 Å². The van der Waals surface area contributed by atoms with Crippen molar-refractivity contribution in [2.45, 2.75) is 26.3 Å². The molecule has 1 fully saturated rings. The Bertz CT molecular complexity index is 743. The van der Waals surface area contributed by atoms with Crippen LogP contribution in [-0.4, -0.2) is 65.4 Å². The number of nitrogens with zero attached hydrogens (tertiary/aromatic N) is 6. The Balaban J connectivity index is 0.00000280. The summed E-state index contributed by atoms with van der Waals surface area (Å²) < 4.78 is 2.01. The maximum Gasteiger partial charge on any atom is 0.193 e. The monoisotopic (exact) mass is 517 g/mol. The molecule has 1 aliphatic rings. The normalized spacial score (nSPS) is 14.8. The van der Waals surface area contributed by atoms with E-state index < -0.39 is 0 Å². The van der Waals surface area contributed by atoms with Gasteiger partial charge in [0.05, 0.1) is 0 Å². The van der Waals surface area contributed by atoms with Crippen molar-refractivity contribution >= 4 is 47.2 Å². The summed E-state index contributed by atoms with van der Waals surface area (Å²) in [5, 5.41) is 11.9. The zero-order chi connectivity index (χ0) is 19.1. The summed E-state index contributed by atoms with van der Waals surface area (Å²) in [7, 11) is 1.85. The smallest absolute Gasteiger partial charge is 0.193 e. The van der Waals surface area contributed by atoms with Crippen LogP contribution >= 0.6 is 35.6 Å².